The average molecular weight is 326 g/mol. The predicted molar refractivity (Wildman–Crippen MR) is 86.5 cm³/mol. The Bertz CT molecular complexity index is 720. The van der Waals surface area contributed by atoms with Gasteiger partial charge in [0.25, 0.3) is 0 Å². The molecular weight excluding hydrogens is 308 g/mol. The Morgan fingerprint density at radius 2 is 1.92 bits per heavy atom. The summed E-state index contributed by atoms with van der Waals surface area (Å²) in [4.78, 5) is 12.8. The fourth-order valence-electron chi connectivity index (χ4n) is 2.43. The second-order valence-corrected chi connectivity index (χ2v) is 5.83. The third kappa shape index (κ3) is 3.42. The van der Waals surface area contributed by atoms with Gasteiger partial charge in [0.1, 0.15) is 24.2 Å². The highest BCUT2D eigenvalue weighted by Crippen LogP contribution is 2.30. The van der Waals surface area contributed by atoms with Crippen molar-refractivity contribution >= 4 is 5.78 Å². The van der Waals surface area contributed by atoms with Crippen molar-refractivity contribution in [3.05, 3.63) is 59.7 Å². The average Bonchev–Trinajstić information content (AvgIpc) is 3.41. The van der Waals surface area contributed by atoms with Crippen LogP contribution in [0.2, 0.25) is 0 Å². The van der Waals surface area contributed by atoms with E-state index in [1.54, 1.807) is 30.3 Å². The van der Waals surface area contributed by atoms with E-state index in [4.69, 9.17) is 18.9 Å². The highest BCUT2D eigenvalue weighted by atomic mass is 16.7. The van der Waals surface area contributed by atoms with Crippen molar-refractivity contribution in [1.82, 2.24) is 0 Å². The maximum Gasteiger partial charge on any atom is 0.202 e. The maximum atomic E-state index is 12.8. The lowest BCUT2D eigenvalue weighted by molar-refractivity contribution is -0.165. The standard InChI is InChI=1S/C19H18O5/c20-19(13-4-2-1-3-5-13)16-7-6-14(24-18-8-9-21-18)10-17(16)23-12-15-11-22-15/h1-7,10,15,18H,8-9,11-12H2. The third-order valence-corrected chi connectivity index (χ3v) is 3.99. The van der Waals surface area contributed by atoms with Crippen LogP contribution in [-0.2, 0) is 9.47 Å². The number of rotatable bonds is 7. The fraction of sp³-hybridized carbons (Fsp3) is 0.316. The molecule has 0 aliphatic carbocycles. The highest BCUT2D eigenvalue weighted by molar-refractivity contribution is 6.10. The second kappa shape index (κ2) is 6.63. The molecule has 5 heteroatoms. The number of hydrogen-bond donors (Lipinski definition) is 0. The molecule has 2 heterocycles. The molecule has 5 nitrogen and oxygen atoms in total. The summed E-state index contributed by atoms with van der Waals surface area (Å²) in [6.45, 7) is 1.85. The number of carbonyl (C=O) groups is 1. The summed E-state index contributed by atoms with van der Waals surface area (Å²) in [5.41, 5.74) is 1.14. The van der Waals surface area contributed by atoms with Crippen LogP contribution in [0.1, 0.15) is 22.3 Å². The number of ketones is 1. The molecule has 24 heavy (non-hydrogen) atoms. The van der Waals surface area contributed by atoms with Crippen molar-refractivity contribution in [2.24, 2.45) is 0 Å². The molecule has 2 aromatic rings. The van der Waals surface area contributed by atoms with Crippen molar-refractivity contribution in [3.8, 4) is 11.5 Å². The molecule has 0 radical (unpaired) electrons. The summed E-state index contributed by atoms with van der Waals surface area (Å²) in [5.74, 6) is 1.07. The quantitative estimate of drug-likeness (QED) is 0.578. The van der Waals surface area contributed by atoms with Gasteiger partial charge >= 0.3 is 0 Å². The van der Waals surface area contributed by atoms with Crippen molar-refractivity contribution in [3.63, 3.8) is 0 Å². The lowest BCUT2D eigenvalue weighted by atomic mass is 10.0. The molecule has 2 aliphatic rings. The van der Waals surface area contributed by atoms with Crippen LogP contribution in [0, 0.1) is 0 Å². The van der Waals surface area contributed by atoms with E-state index in [0.29, 0.717) is 35.8 Å². The van der Waals surface area contributed by atoms with Gasteiger partial charge in [-0.15, -0.1) is 0 Å². The summed E-state index contributed by atoms with van der Waals surface area (Å²) in [5, 5.41) is 0. The molecular formula is C19H18O5. The lowest BCUT2D eigenvalue weighted by Crippen LogP contribution is -2.32. The maximum absolute atomic E-state index is 12.8. The molecule has 2 unspecified atom stereocenters. The van der Waals surface area contributed by atoms with E-state index in [2.05, 4.69) is 0 Å². The van der Waals surface area contributed by atoms with Crippen molar-refractivity contribution in [1.29, 1.82) is 0 Å². The SMILES string of the molecule is O=C(c1ccccc1)c1ccc(OC2CCO2)cc1OCC1CO1. The predicted octanol–water partition coefficient (Wildman–Crippen LogP) is 2.82. The Labute approximate surface area is 140 Å². The van der Waals surface area contributed by atoms with Crippen LogP contribution in [0.5, 0.6) is 11.5 Å². The molecule has 2 aromatic carbocycles. The summed E-state index contributed by atoms with van der Waals surface area (Å²) in [6, 6.07) is 14.4. The van der Waals surface area contributed by atoms with E-state index in [9.17, 15) is 4.79 Å². The molecule has 2 aliphatic heterocycles. The number of ether oxygens (including phenoxy) is 4. The van der Waals surface area contributed by atoms with Crippen LogP contribution in [0.15, 0.2) is 48.5 Å². The first kappa shape index (κ1) is 15.2. The largest absolute Gasteiger partial charge is 0.490 e. The molecule has 0 spiro atoms. The Kier molecular flexibility index (Phi) is 4.19. The Hall–Kier alpha value is -2.37. The van der Waals surface area contributed by atoms with Crippen LogP contribution in [0.25, 0.3) is 0 Å². The summed E-state index contributed by atoms with van der Waals surface area (Å²) in [7, 11) is 0. The molecule has 4 rings (SSSR count). The minimum Gasteiger partial charge on any atom is -0.490 e. The smallest absolute Gasteiger partial charge is 0.202 e. The third-order valence-electron chi connectivity index (χ3n) is 3.99. The zero-order valence-electron chi connectivity index (χ0n) is 13.1. The van der Waals surface area contributed by atoms with Crippen LogP contribution in [-0.4, -0.2) is 38.0 Å². The van der Waals surface area contributed by atoms with Crippen molar-refractivity contribution in [2.75, 3.05) is 19.8 Å². The molecule has 0 bridgehead atoms. The molecule has 0 aromatic heterocycles. The summed E-state index contributed by atoms with van der Waals surface area (Å²) < 4.78 is 22.0. The van der Waals surface area contributed by atoms with Crippen LogP contribution in [0.3, 0.4) is 0 Å². The van der Waals surface area contributed by atoms with Gasteiger partial charge in [0.2, 0.25) is 6.29 Å². The van der Waals surface area contributed by atoms with Gasteiger partial charge in [-0.05, 0) is 12.1 Å². The molecule has 0 amide bonds. The first-order valence-electron chi connectivity index (χ1n) is 8.06. The summed E-state index contributed by atoms with van der Waals surface area (Å²) >= 11 is 0. The van der Waals surface area contributed by atoms with Gasteiger partial charge in [0.05, 0.1) is 18.8 Å². The molecule has 124 valence electrons. The van der Waals surface area contributed by atoms with Gasteiger partial charge in [-0.1, -0.05) is 30.3 Å². The normalized spacial score (nSPS) is 21.7. The topological polar surface area (TPSA) is 57.3 Å². The van der Waals surface area contributed by atoms with Gasteiger partial charge in [-0.25, -0.2) is 0 Å². The van der Waals surface area contributed by atoms with Crippen LogP contribution in [0.4, 0.5) is 0 Å². The number of carbonyl (C=O) groups excluding carboxylic acids is 1. The molecule has 2 fully saturated rings. The number of epoxide rings is 1. The first-order chi connectivity index (χ1) is 11.8. The highest BCUT2D eigenvalue weighted by Gasteiger charge is 2.25. The van der Waals surface area contributed by atoms with E-state index in [-0.39, 0.29) is 18.2 Å². The van der Waals surface area contributed by atoms with E-state index >= 15 is 0 Å². The Balaban J connectivity index is 1.59. The second-order valence-electron chi connectivity index (χ2n) is 5.83. The van der Waals surface area contributed by atoms with Crippen LogP contribution >= 0.6 is 0 Å². The lowest BCUT2D eigenvalue weighted by Gasteiger charge is -2.27. The van der Waals surface area contributed by atoms with Gasteiger partial charge < -0.3 is 18.9 Å². The van der Waals surface area contributed by atoms with Crippen molar-refractivity contribution < 1.29 is 23.7 Å². The number of hydrogen-bond acceptors (Lipinski definition) is 5. The van der Waals surface area contributed by atoms with E-state index < -0.39 is 0 Å². The van der Waals surface area contributed by atoms with Crippen LogP contribution < -0.4 is 9.47 Å². The molecule has 2 saturated heterocycles. The van der Waals surface area contributed by atoms with Gasteiger partial charge in [0.15, 0.2) is 5.78 Å². The first-order valence-corrected chi connectivity index (χ1v) is 8.06. The van der Waals surface area contributed by atoms with Gasteiger partial charge in [-0.2, -0.15) is 0 Å². The molecule has 0 saturated carbocycles. The van der Waals surface area contributed by atoms with Gasteiger partial charge in [0, 0.05) is 18.1 Å². The Morgan fingerprint density at radius 1 is 1.12 bits per heavy atom. The van der Waals surface area contributed by atoms with E-state index in [0.717, 1.165) is 13.0 Å². The zero-order chi connectivity index (χ0) is 16.4. The van der Waals surface area contributed by atoms with Crippen molar-refractivity contribution in [2.45, 2.75) is 18.8 Å². The molecule has 0 N–H and O–H groups in total. The van der Waals surface area contributed by atoms with E-state index in [1.807, 2.05) is 18.2 Å². The van der Waals surface area contributed by atoms with Gasteiger partial charge in [-0.3, -0.25) is 4.79 Å². The zero-order valence-corrected chi connectivity index (χ0v) is 13.1. The minimum atomic E-state index is -0.208. The Morgan fingerprint density at radius 3 is 2.58 bits per heavy atom. The van der Waals surface area contributed by atoms with E-state index in [1.165, 1.54) is 0 Å². The number of benzene rings is 2. The minimum absolute atomic E-state index is 0.0752. The fourth-order valence-corrected chi connectivity index (χ4v) is 2.43. The molecule has 2 atom stereocenters. The monoisotopic (exact) mass is 326 g/mol. The summed E-state index contributed by atoms with van der Waals surface area (Å²) in [6.07, 6.45) is 0.779.